The number of ether oxygens (including phenoxy) is 1. The lowest BCUT2D eigenvalue weighted by atomic mass is 9.92. The molecule has 0 spiro atoms. The van der Waals surface area contributed by atoms with E-state index in [2.05, 4.69) is 28.9 Å². The molecule has 0 saturated carbocycles. The summed E-state index contributed by atoms with van der Waals surface area (Å²) in [7, 11) is 0. The Morgan fingerprint density at radius 1 is 1.50 bits per heavy atom. The normalized spacial score (nSPS) is 21.1. The zero-order valence-electron chi connectivity index (χ0n) is 12.7. The Hall–Kier alpha value is -0.970. The van der Waals surface area contributed by atoms with E-state index < -0.39 is 0 Å². The second kappa shape index (κ2) is 7.72. The number of aromatic nitrogens is 1. The molecule has 4 nitrogen and oxygen atoms in total. The van der Waals surface area contributed by atoms with Gasteiger partial charge in [-0.15, -0.1) is 0 Å². The van der Waals surface area contributed by atoms with E-state index in [0.29, 0.717) is 18.5 Å². The van der Waals surface area contributed by atoms with Crippen molar-refractivity contribution in [1.82, 2.24) is 9.88 Å². The third-order valence-corrected chi connectivity index (χ3v) is 4.17. The van der Waals surface area contributed by atoms with Gasteiger partial charge in [0.05, 0.1) is 12.3 Å². The Kier molecular flexibility index (Phi) is 5.95. The van der Waals surface area contributed by atoms with Crippen LogP contribution >= 0.6 is 0 Å². The van der Waals surface area contributed by atoms with E-state index in [4.69, 9.17) is 10.5 Å². The molecule has 1 aliphatic heterocycles. The summed E-state index contributed by atoms with van der Waals surface area (Å²) in [5.74, 6) is 0.554. The number of likely N-dealkylation sites (N-methyl/N-ethyl adjacent to an activating group) is 1. The lowest BCUT2D eigenvalue weighted by Gasteiger charge is -2.37. The van der Waals surface area contributed by atoms with E-state index in [-0.39, 0.29) is 0 Å². The minimum atomic E-state index is 0.391. The van der Waals surface area contributed by atoms with Crippen molar-refractivity contribution in [2.45, 2.75) is 39.3 Å². The molecule has 1 aliphatic rings. The minimum absolute atomic E-state index is 0.391. The molecule has 20 heavy (non-hydrogen) atoms. The third kappa shape index (κ3) is 4.01. The van der Waals surface area contributed by atoms with Crippen LogP contribution in [0.15, 0.2) is 18.2 Å². The topological polar surface area (TPSA) is 51.4 Å². The molecule has 0 radical (unpaired) electrons. The first kappa shape index (κ1) is 15.4. The average molecular weight is 277 g/mol. The second-order valence-corrected chi connectivity index (χ2v) is 5.61. The molecular weight excluding hydrogens is 250 g/mol. The fourth-order valence-corrected chi connectivity index (χ4v) is 3.07. The summed E-state index contributed by atoms with van der Waals surface area (Å²) < 4.78 is 5.63. The standard InChI is InChI=1S/C16H27N3O/c1-3-19(11-15-8-4-6-13(2)18-15)16(10-17)14-7-5-9-20-12-14/h4,6,8,14,16H,3,5,7,9-12,17H2,1-2H3. The van der Waals surface area contributed by atoms with Crippen molar-refractivity contribution in [3.63, 3.8) is 0 Å². The summed E-state index contributed by atoms with van der Waals surface area (Å²) in [6.45, 7) is 8.54. The van der Waals surface area contributed by atoms with E-state index in [1.807, 2.05) is 13.0 Å². The summed E-state index contributed by atoms with van der Waals surface area (Å²) in [4.78, 5) is 7.05. The van der Waals surface area contributed by atoms with Gasteiger partial charge >= 0.3 is 0 Å². The molecule has 1 aromatic rings. The Balaban J connectivity index is 2.04. The molecular formula is C16H27N3O. The Morgan fingerprint density at radius 2 is 2.35 bits per heavy atom. The Bertz CT molecular complexity index is 404. The summed E-state index contributed by atoms with van der Waals surface area (Å²) in [6.07, 6.45) is 2.38. The lowest BCUT2D eigenvalue weighted by Crippen LogP contribution is -2.47. The fourth-order valence-electron chi connectivity index (χ4n) is 3.07. The van der Waals surface area contributed by atoms with Crippen LogP contribution in [-0.4, -0.2) is 42.2 Å². The van der Waals surface area contributed by atoms with Gasteiger partial charge in [0.2, 0.25) is 0 Å². The van der Waals surface area contributed by atoms with Crippen LogP contribution in [0.1, 0.15) is 31.2 Å². The van der Waals surface area contributed by atoms with Crippen molar-refractivity contribution >= 4 is 0 Å². The molecule has 2 unspecified atom stereocenters. The second-order valence-electron chi connectivity index (χ2n) is 5.61. The smallest absolute Gasteiger partial charge is 0.0547 e. The van der Waals surface area contributed by atoms with Gasteiger partial charge in [0.25, 0.3) is 0 Å². The lowest BCUT2D eigenvalue weighted by molar-refractivity contribution is 0.00996. The maximum Gasteiger partial charge on any atom is 0.0547 e. The van der Waals surface area contributed by atoms with Crippen LogP contribution in [0.5, 0.6) is 0 Å². The van der Waals surface area contributed by atoms with E-state index in [1.54, 1.807) is 0 Å². The van der Waals surface area contributed by atoms with Gasteiger partial charge in [-0.1, -0.05) is 13.0 Å². The van der Waals surface area contributed by atoms with Crippen LogP contribution in [0.2, 0.25) is 0 Å². The van der Waals surface area contributed by atoms with Crippen LogP contribution in [-0.2, 0) is 11.3 Å². The highest BCUT2D eigenvalue weighted by molar-refractivity contribution is 5.10. The van der Waals surface area contributed by atoms with Crippen molar-refractivity contribution < 1.29 is 4.74 Å². The maximum atomic E-state index is 6.05. The minimum Gasteiger partial charge on any atom is -0.381 e. The van der Waals surface area contributed by atoms with Crippen molar-refractivity contribution in [1.29, 1.82) is 0 Å². The van der Waals surface area contributed by atoms with Gasteiger partial charge in [0, 0.05) is 31.4 Å². The molecule has 1 aromatic heterocycles. The van der Waals surface area contributed by atoms with Crippen molar-refractivity contribution in [2.75, 3.05) is 26.3 Å². The van der Waals surface area contributed by atoms with Crippen molar-refractivity contribution in [3.8, 4) is 0 Å². The van der Waals surface area contributed by atoms with Crippen LogP contribution in [0, 0.1) is 12.8 Å². The molecule has 4 heteroatoms. The number of nitrogens with zero attached hydrogens (tertiary/aromatic N) is 2. The zero-order valence-corrected chi connectivity index (χ0v) is 12.7. The Labute approximate surface area is 122 Å². The first-order valence-corrected chi connectivity index (χ1v) is 7.69. The highest BCUT2D eigenvalue weighted by Gasteiger charge is 2.27. The first-order chi connectivity index (χ1) is 9.74. The molecule has 2 N–H and O–H groups in total. The van der Waals surface area contributed by atoms with Gasteiger partial charge in [-0.25, -0.2) is 0 Å². The van der Waals surface area contributed by atoms with Gasteiger partial charge in [-0.3, -0.25) is 9.88 Å². The molecule has 112 valence electrons. The summed E-state index contributed by atoms with van der Waals surface area (Å²) >= 11 is 0. The average Bonchev–Trinajstić information content (AvgIpc) is 2.48. The van der Waals surface area contributed by atoms with Gasteiger partial charge in [0.1, 0.15) is 0 Å². The van der Waals surface area contributed by atoms with Crippen LogP contribution in [0.25, 0.3) is 0 Å². The van der Waals surface area contributed by atoms with Crippen LogP contribution in [0.3, 0.4) is 0 Å². The predicted molar refractivity (Wildman–Crippen MR) is 81.4 cm³/mol. The van der Waals surface area contributed by atoms with Gasteiger partial charge in [0.15, 0.2) is 0 Å². The Morgan fingerprint density at radius 3 is 2.95 bits per heavy atom. The summed E-state index contributed by atoms with van der Waals surface area (Å²) in [5, 5.41) is 0. The third-order valence-electron chi connectivity index (χ3n) is 4.17. The van der Waals surface area contributed by atoms with E-state index in [1.165, 1.54) is 6.42 Å². The van der Waals surface area contributed by atoms with Crippen LogP contribution in [0.4, 0.5) is 0 Å². The number of hydrogen-bond acceptors (Lipinski definition) is 4. The van der Waals surface area contributed by atoms with Crippen molar-refractivity contribution in [3.05, 3.63) is 29.6 Å². The monoisotopic (exact) mass is 277 g/mol. The van der Waals surface area contributed by atoms with Crippen molar-refractivity contribution in [2.24, 2.45) is 11.7 Å². The summed E-state index contributed by atoms with van der Waals surface area (Å²) in [5.41, 5.74) is 8.25. The van der Waals surface area contributed by atoms with Gasteiger partial charge in [-0.05, 0) is 44.4 Å². The number of rotatable bonds is 6. The zero-order chi connectivity index (χ0) is 14.4. The molecule has 1 fully saturated rings. The summed E-state index contributed by atoms with van der Waals surface area (Å²) in [6, 6.07) is 6.60. The SMILES string of the molecule is CCN(Cc1cccc(C)n1)C(CN)C1CCCOC1. The molecule has 1 saturated heterocycles. The molecule has 0 aliphatic carbocycles. The molecule has 2 rings (SSSR count). The molecule has 0 amide bonds. The van der Waals surface area contributed by atoms with E-state index in [0.717, 1.165) is 44.1 Å². The number of nitrogens with two attached hydrogens (primary N) is 1. The highest BCUT2D eigenvalue weighted by atomic mass is 16.5. The first-order valence-electron chi connectivity index (χ1n) is 7.69. The van der Waals surface area contributed by atoms with Gasteiger partial charge < -0.3 is 10.5 Å². The van der Waals surface area contributed by atoms with E-state index >= 15 is 0 Å². The molecule has 0 bridgehead atoms. The number of aryl methyl sites for hydroxylation is 1. The quantitative estimate of drug-likeness (QED) is 0.863. The molecule has 2 heterocycles. The maximum absolute atomic E-state index is 6.05. The number of hydrogen-bond donors (Lipinski definition) is 1. The van der Waals surface area contributed by atoms with E-state index in [9.17, 15) is 0 Å². The fraction of sp³-hybridized carbons (Fsp3) is 0.688. The largest absolute Gasteiger partial charge is 0.381 e. The predicted octanol–water partition coefficient (Wildman–Crippen LogP) is 1.97. The molecule has 0 aromatic carbocycles. The highest BCUT2D eigenvalue weighted by Crippen LogP contribution is 2.22. The molecule has 2 atom stereocenters. The van der Waals surface area contributed by atoms with Crippen LogP contribution < -0.4 is 5.73 Å². The number of pyridine rings is 1. The van der Waals surface area contributed by atoms with Gasteiger partial charge in [-0.2, -0.15) is 0 Å².